The summed E-state index contributed by atoms with van der Waals surface area (Å²) in [5, 5.41) is 10.2. The van der Waals surface area contributed by atoms with Crippen molar-refractivity contribution >= 4 is 5.91 Å². The molecule has 5 heteroatoms. The molecule has 1 aromatic heterocycles. The average molecular weight is 234 g/mol. The van der Waals surface area contributed by atoms with Gasteiger partial charge in [-0.2, -0.15) is 5.10 Å². The van der Waals surface area contributed by atoms with Crippen molar-refractivity contribution in [1.29, 1.82) is 0 Å². The molecule has 92 valence electrons. The molecule has 3 heterocycles. The van der Waals surface area contributed by atoms with Crippen LogP contribution in [0.15, 0.2) is 6.20 Å². The smallest absolute Gasteiger partial charge is 0.257 e. The van der Waals surface area contributed by atoms with Crippen LogP contribution in [-0.2, 0) is 0 Å². The standard InChI is InChI=1S/C12H18N4O/c1-8-10(6-14-15-8)12(17)16-4-2-3-9-5-13-7-11(9)16/h6,9,11,13H,2-5,7H2,1H3,(H,14,15). The molecule has 2 aliphatic heterocycles. The number of carbonyl (C=O) groups is 1. The maximum absolute atomic E-state index is 12.5. The lowest BCUT2D eigenvalue weighted by Gasteiger charge is -2.37. The first-order valence-electron chi connectivity index (χ1n) is 6.29. The molecular formula is C12H18N4O. The van der Waals surface area contributed by atoms with Crippen LogP contribution in [0.5, 0.6) is 0 Å². The van der Waals surface area contributed by atoms with Crippen LogP contribution in [0.2, 0.25) is 0 Å². The Bertz CT molecular complexity index is 428. The van der Waals surface area contributed by atoms with E-state index in [1.54, 1.807) is 6.20 Å². The summed E-state index contributed by atoms with van der Waals surface area (Å²) >= 11 is 0. The van der Waals surface area contributed by atoms with Crippen molar-refractivity contribution in [3.63, 3.8) is 0 Å². The molecule has 2 unspecified atom stereocenters. The predicted octanol–water partition coefficient (Wildman–Crippen LogP) is 0.542. The van der Waals surface area contributed by atoms with Gasteiger partial charge in [0.2, 0.25) is 0 Å². The lowest BCUT2D eigenvalue weighted by atomic mass is 9.91. The van der Waals surface area contributed by atoms with E-state index in [9.17, 15) is 4.79 Å². The van der Waals surface area contributed by atoms with E-state index in [0.29, 0.717) is 12.0 Å². The largest absolute Gasteiger partial charge is 0.334 e. The molecule has 2 aliphatic rings. The van der Waals surface area contributed by atoms with Crippen LogP contribution in [0.3, 0.4) is 0 Å². The Labute approximate surface area is 101 Å². The maximum atomic E-state index is 12.5. The second-order valence-corrected chi connectivity index (χ2v) is 5.04. The number of fused-ring (bicyclic) bond motifs is 1. The fourth-order valence-corrected chi connectivity index (χ4v) is 3.04. The molecule has 2 N–H and O–H groups in total. The van der Waals surface area contributed by atoms with Crippen LogP contribution in [0, 0.1) is 12.8 Å². The summed E-state index contributed by atoms with van der Waals surface area (Å²) in [6.45, 7) is 4.77. The van der Waals surface area contributed by atoms with E-state index in [4.69, 9.17) is 0 Å². The minimum absolute atomic E-state index is 0.134. The molecular weight excluding hydrogens is 216 g/mol. The molecule has 1 amide bonds. The summed E-state index contributed by atoms with van der Waals surface area (Å²) in [6.07, 6.45) is 4.00. The van der Waals surface area contributed by atoms with Crippen LogP contribution in [-0.4, -0.2) is 46.7 Å². The highest BCUT2D eigenvalue weighted by molar-refractivity contribution is 5.95. The molecule has 0 radical (unpaired) electrons. The van der Waals surface area contributed by atoms with Gasteiger partial charge in [-0.25, -0.2) is 0 Å². The second kappa shape index (κ2) is 4.14. The van der Waals surface area contributed by atoms with Crippen molar-refractivity contribution < 1.29 is 4.79 Å². The highest BCUT2D eigenvalue weighted by atomic mass is 16.2. The molecule has 0 bridgehead atoms. The molecule has 2 fully saturated rings. The van der Waals surface area contributed by atoms with Gasteiger partial charge in [0.15, 0.2) is 0 Å². The second-order valence-electron chi connectivity index (χ2n) is 5.04. The van der Waals surface area contributed by atoms with Crippen molar-refractivity contribution in [2.45, 2.75) is 25.8 Å². The number of rotatable bonds is 1. The van der Waals surface area contributed by atoms with E-state index in [1.165, 1.54) is 6.42 Å². The molecule has 2 saturated heterocycles. The summed E-state index contributed by atoms with van der Waals surface area (Å²) in [6, 6.07) is 0.380. The molecule has 3 rings (SSSR count). The Kier molecular flexibility index (Phi) is 2.63. The summed E-state index contributed by atoms with van der Waals surface area (Å²) in [4.78, 5) is 14.5. The van der Waals surface area contributed by atoms with Gasteiger partial charge in [0.1, 0.15) is 0 Å². The zero-order chi connectivity index (χ0) is 11.8. The molecule has 0 aliphatic carbocycles. The van der Waals surface area contributed by atoms with Gasteiger partial charge in [-0.3, -0.25) is 9.89 Å². The van der Waals surface area contributed by atoms with Gasteiger partial charge in [-0.15, -0.1) is 0 Å². The monoisotopic (exact) mass is 234 g/mol. The highest BCUT2D eigenvalue weighted by Crippen LogP contribution is 2.27. The van der Waals surface area contributed by atoms with Gasteiger partial charge in [-0.05, 0) is 25.7 Å². The summed E-state index contributed by atoms with van der Waals surface area (Å²) in [7, 11) is 0. The fourth-order valence-electron chi connectivity index (χ4n) is 3.04. The zero-order valence-corrected chi connectivity index (χ0v) is 10.1. The van der Waals surface area contributed by atoms with Gasteiger partial charge >= 0.3 is 0 Å². The normalized spacial score (nSPS) is 28.2. The van der Waals surface area contributed by atoms with E-state index >= 15 is 0 Å². The van der Waals surface area contributed by atoms with Crippen LogP contribution in [0.25, 0.3) is 0 Å². The van der Waals surface area contributed by atoms with Crippen LogP contribution < -0.4 is 5.32 Å². The van der Waals surface area contributed by atoms with Crippen molar-refractivity contribution in [1.82, 2.24) is 20.4 Å². The van der Waals surface area contributed by atoms with Crippen molar-refractivity contribution in [2.75, 3.05) is 19.6 Å². The topological polar surface area (TPSA) is 61.0 Å². The predicted molar refractivity (Wildman–Crippen MR) is 63.7 cm³/mol. The Morgan fingerprint density at radius 1 is 1.53 bits per heavy atom. The van der Waals surface area contributed by atoms with Gasteiger partial charge < -0.3 is 10.2 Å². The van der Waals surface area contributed by atoms with Crippen LogP contribution in [0.4, 0.5) is 0 Å². The summed E-state index contributed by atoms with van der Waals surface area (Å²) < 4.78 is 0. The number of amides is 1. The number of H-pyrrole nitrogens is 1. The number of nitrogens with zero attached hydrogens (tertiary/aromatic N) is 2. The molecule has 5 nitrogen and oxygen atoms in total. The minimum Gasteiger partial charge on any atom is -0.334 e. The molecule has 0 spiro atoms. The van der Waals surface area contributed by atoms with Crippen molar-refractivity contribution in [2.24, 2.45) is 5.92 Å². The molecule has 2 atom stereocenters. The van der Waals surface area contributed by atoms with E-state index in [-0.39, 0.29) is 5.91 Å². The van der Waals surface area contributed by atoms with E-state index in [0.717, 1.165) is 37.3 Å². The first kappa shape index (κ1) is 10.8. The van der Waals surface area contributed by atoms with E-state index < -0.39 is 0 Å². The Morgan fingerprint density at radius 3 is 3.18 bits per heavy atom. The number of hydrogen-bond acceptors (Lipinski definition) is 3. The number of likely N-dealkylation sites (tertiary alicyclic amines) is 1. The van der Waals surface area contributed by atoms with Gasteiger partial charge in [0.05, 0.1) is 11.8 Å². The minimum atomic E-state index is 0.134. The molecule has 0 saturated carbocycles. The van der Waals surface area contributed by atoms with Crippen molar-refractivity contribution in [3.8, 4) is 0 Å². The van der Waals surface area contributed by atoms with Gasteiger partial charge in [0.25, 0.3) is 5.91 Å². The number of aromatic nitrogens is 2. The SMILES string of the molecule is Cc1[nH]ncc1C(=O)N1CCCC2CNCC21. The quantitative estimate of drug-likeness (QED) is 0.745. The number of hydrogen-bond donors (Lipinski definition) is 2. The third-order valence-corrected chi connectivity index (χ3v) is 4.00. The van der Waals surface area contributed by atoms with Crippen molar-refractivity contribution in [3.05, 3.63) is 17.5 Å². The van der Waals surface area contributed by atoms with E-state index in [2.05, 4.69) is 15.5 Å². The number of aryl methyl sites for hydroxylation is 1. The highest BCUT2D eigenvalue weighted by Gasteiger charge is 2.38. The number of nitrogens with one attached hydrogen (secondary N) is 2. The third kappa shape index (κ3) is 1.74. The summed E-state index contributed by atoms with van der Waals surface area (Å²) in [5.41, 5.74) is 1.58. The zero-order valence-electron chi connectivity index (χ0n) is 10.1. The lowest BCUT2D eigenvalue weighted by Crippen LogP contribution is -2.48. The number of piperidine rings is 1. The third-order valence-electron chi connectivity index (χ3n) is 4.00. The Hall–Kier alpha value is -1.36. The van der Waals surface area contributed by atoms with E-state index in [1.807, 2.05) is 11.8 Å². The van der Waals surface area contributed by atoms with Crippen LogP contribution in [0.1, 0.15) is 28.9 Å². The Balaban J connectivity index is 1.83. The number of carbonyl (C=O) groups excluding carboxylic acids is 1. The number of aromatic amines is 1. The Morgan fingerprint density at radius 2 is 2.41 bits per heavy atom. The first-order valence-corrected chi connectivity index (χ1v) is 6.29. The molecule has 1 aromatic rings. The molecule has 17 heavy (non-hydrogen) atoms. The van der Waals surface area contributed by atoms with Gasteiger partial charge in [0, 0.05) is 31.4 Å². The van der Waals surface area contributed by atoms with Gasteiger partial charge in [-0.1, -0.05) is 0 Å². The average Bonchev–Trinajstić information content (AvgIpc) is 2.95. The first-order chi connectivity index (χ1) is 8.27. The lowest BCUT2D eigenvalue weighted by molar-refractivity contribution is 0.0574. The van der Waals surface area contributed by atoms with Crippen LogP contribution >= 0.6 is 0 Å². The summed E-state index contributed by atoms with van der Waals surface area (Å²) in [5.74, 6) is 0.773. The maximum Gasteiger partial charge on any atom is 0.257 e. The molecule has 0 aromatic carbocycles. The fraction of sp³-hybridized carbons (Fsp3) is 0.667.